The molecule has 0 aliphatic carbocycles. The Balaban J connectivity index is 1.54. The molecule has 8 nitrogen and oxygen atoms in total. The van der Waals surface area contributed by atoms with E-state index in [0.29, 0.717) is 70.9 Å². The zero-order valence-corrected chi connectivity index (χ0v) is 17.5. The molecule has 0 spiro atoms. The van der Waals surface area contributed by atoms with Gasteiger partial charge in [-0.2, -0.15) is 4.98 Å². The molecule has 0 radical (unpaired) electrons. The fourth-order valence-electron chi connectivity index (χ4n) is 3.52. The molecule has 2 heterocycles. The van der Waals surface area contributed by atoms with Gasteiger partial charge in [0.15, 0.2) is 11.5 Å². The third-order valence-electron chi connectivity index (χ3n) is 5.17. The lowest BCUT2D eigenvalue weighted by Gasteiger charge is -2.35. The molecule has 4 rings (SSSR count). The van der Waals surface area contributed by atoms with Crippen molar-refractivity contribution in [3.8, 4) is 11.5 Å². The molecule has 156 valence electrons. The lowest BCUT2D eigenvalue weighted by molar-refractivity contribution is 0.0746. The average molecular weight is 428 g/mol. The van der Waals surface area contributed by atoms with Crippen LogP contribution < -0.4 is 20.1 Å². The first-order chi connectivity index (χ1) is 14.5. The second-order valence-corrected chi connectivity index (χ2v) is 7.30. The Morgan fingerprint density at radius 1 is 1.03 bits per heavy atom. The highest BCUT2D eigenvalue weighted by Crippen LogP contribution is 2.34. The molecule has 1 aromatic heterocycles. The average Bonchev–Trinajstić information content (AvgIpc) is 2.78. The van der Waals surface area contributed by atoms with Crippen molar-refractivity contribution in [2.24, 2.45) is 0 Å². The van der Waals surface area contributed by atoms with Crippen molar-refractivity contribution < 1.29 is 14.3 Å². The van der Waals surface area contributed by atoms with Crippen LogP contribution >= 0.6 is 11.6 Å². The number of ether oxygens (including phenoxy) is 2. The van der Waals surface area contributed by atoms with Gasteiger partial charge in [-0.25, -0.2) is 4.98 Å². The zero-order valence-electron chi connectivity index (χ0n) is 16.8. The maximum atomic E-state index is 12.8. The number of amides is 1. The Hall–Kier alpha value is -3.26. The zero-order chi connectivity index (χ0) is 21.3. The standard InChI is InChI=1S/C21H22ClN5O3/c1-29-17-11-14-16(12-18(17)30-2)24-21(25-19(14)23)27-9-7-26(8-10-27)20(28)13-5-3-4-6-15(13)22/h3-6,11-12H,7-10H2,1-2H3,(H2,23,24,25). The number of benzene rings is 2. The summed E-state index contributed by atoms with van der Waals surface area (Å²) in [6.07, 6.45) is 0. The van der Waals surface area contributed by atoms with E-state index < -0.39 is 0 Å². The van der Waals surface area contributed by atoms with E-state index in [0.717, 1.165) is 0 Å². The van der Waals surface area contributed by atoms with Gasteiger partial charge in [-0.3, -0.25) is 4.79 Å². The normalized spacial score (nSPS) is 14.1. The van der Waals surface area contributed by atoms with Crippen LogP contribution in [0.3, 0.4) is 0 Å². The van der Waals surface area contributed by atoms with Gasteiger partial charge in [-0.15, -0.1) is 0 Å². The number of fused-ring (bicyclic) bond motifs is 1. The van der Waals surface area contributed by atoms with Crippen LogP contribution in [0.25, 0.3) is 10.9 Å². The predicted molar refractivity (Wildman–Crippen MR) is 117 cm³/mol. The first-order valence-corrected chi connectivity index (χ1v) is 9.87. The summed E-state index contributed by atoms with van der Waals surface area (Å²) in [5, 5.41) is 1.16. The van der Waals surface area contributed by atoms with Gasteiger partial charge in [0, 0.05) is 37.6 Å². The van der Waals surface area contributed by atoms with Gasteiger partial charge >= 0.3 is 0 Å². The van der Waals surface area contributed by atoms with E-state index in [1.54, 1.807) is 43.4 Å². The number of methoxy groups -OCH3 is 2. The molecule has 2 N–H and O–H groups in total. The maximum absolute atomic E-state index is 12.8. The third-order valence-corrected chi connectivity index (χ3v) is 5.50. The smallest absolute Gasteiger partial charge is 0.255 e. The Kier molecular flexibility index (Phi) is 5.50. The summed E-state index contributed by atoms with van der Waals surface area (Å²) in [6, 6.07) is 10.6. The van der Waals surface area contributed by atoms with E-state index in [2.05, 4.69) is 9.97 Å². The molecule has 1 amide bonds. The molecule has 9 heteroatoms. The molecule has 0 saturated carbocycles. The number of carbonyl (C=O) groups is 1. The molecule has 1 aliphatic rings. The first kappa shape index (κ1) is 20.0. The second-order valence-electron chi connectivity index (χ2n) is 6.89. The monoisotopic (exact) mass is 427 g/mol. The number of aromatic nitrogens is 2. The van der Waals surface area contributed by atoms with Crippen LogP contribution in [-0.2, 0) is 0 Å². The Morgan fingerprint density at radius 2 is 1.70 bits per heavy atom. The van der Waals surface area contributed by atoms with E-state index >= 15 is 0 Å². The van der Waals surface area contributed by atoms with Crippen molar-refractivity contribution >= 4 is 40.2 Å². The van der Waals surface area contributed by atoms with Crippen LogP contribution in [-0.4, -0.2) is 61.2 Å². The fourth-order valence-corrected chi connectivity index (χ4v) is 3.74. The minimum absolute atomic E-state index is 0.0731. The molecule has 30 heavy (non-hydrogen) atoms. The molecule has 1 saturated heterocycles. The summed E-state index contributed by atoms with van der Waals surface area (Å²) in [5.74, 6) is 1.96. The SMILES string of the molecule is COc1cc2nc(N3CCN(C(=O)c4ccccc4Cl)CC3)nc(N)c2cc1OC. The van der Waals surface area contributed by atoms with Crippen LogP contribution in [0.1, 0.15) is 10.4 Å². The van der Waals surface area contributed by atoms with Crippen LogP contribution in [0.2, 0.25) is 5.02 Å². The number of anilines is 2. The molecular formula is C21H22ClN5O3. The van der Waals surface area contributed by atoms with E-state index in [4.69, 9.17) is 26.8 Å². The van der Waals surface area contributed by atoms with Crippen LogP contribution in [0.4, 0.5) is 11.8 Å². The van der Waals surface area contributed by atoms with Crippen molar-refractivity contribution in [3.05, 3.63) is 47.0 Å². The number of rotatable bonds is 4. The van der Waals surface area contributed by atoms with Gasteiger partial charge < -0.3 is 25.0 Å². The number of nitrogens with zero attached hydrogens (tertiary/aromatic N) is 4. The summed E-state index contributed by atoms with van der Waals surface area (Å²) in [4.78, 5) is 25.7. The molecule has 0 atom stereocenters. The van der Waals surface area contributed by atoms with Gasteiger partial charge in [-0.1, -0.05) is 23.7 Å². The molecular weight excluding hydrogens is 406 g/mol. The summed E-state index contributed by atoms with van der Waals surface area (Å²) in [5.41, 5.74) is 7.38. The number of halogens is 1. The number of hydrogen-bond donors (Lipinski definition) is 1. The largest absolute Gasteiger partial charge is 0.493 e. The Morgan fingerprint density at radius 3 is 2.37 bits per heavy atom. The van der Waals surface area contributed by atoms with Gasteiger partial charge in [0.05, 0.1) is 30.3 Å². The van der Waals surface area contributed by atoms with Gasteiger partial charge in [-0.05, 0) is 18.2 Å². The molecule has 3 aromatic rings. The minimum Gasteiger partial charge on any atom is -0.493 e. The van der Waals surface area contributed by atoms with E-state index in [1.165, 1.54) is 0 Å². The minimum atomic E-state index is -0.0731. The number of carbonyl (C=O) groups excluding carboxylic acids is 1. The van der Waals surface area contributed by atoms with Crippen molar-refractivity contribution in [2.45, 2.75) is 0 Å². The molecule has 2 aromatic carbocycles. The predicted octanol–water partition coefficient (Wildman–Crippen LogP) is 2.85. The molecule has 0 unspecified atom stereocenters. The van der Waals surface area contributed by atoms with Gasteiger partial charge in [0.2, 0.25) is 5.95 Å². The molecule has 1 fully saturated rings. The van der Waals surface area contributed by atoms with E-state index in [-0.39, 0.29) is 5.91 Å². The first-order valence-electron chi connectivity index (χ1n) is 9.50. The Bertz CT molecular complexity index is 1100. The second kappa shape index (κ2) is 8.23. The summed E-state index contributed by atoms with van der Waals surface area (Å²) in [7, 11) is 3.14. The summed E-state index contributed by atoms with van der Waals surface area (Å²) < 4.78 is 10.7. The van der Waals surface area contributed by atoms with Crippen molar-refractivity contribution in [2.75, 3.05) is 51.0 Å². The van der Waals surface area contributed by atoms with Crippen LogP contribution in [0, 0.1) is 0 Å². The summed E-state index contributed by atoms with van der Waals surface area (Å²) >= 11 is 6.17. The number of piperazine rings is 1. The quantitative estimate of drug-likeness (QED) is 0.684. The molecule has 0 bridgehead atoms. The number of nitrogens with two attached hydrogens (primary N) is 1. The highest BCUT2D eigenvalue weighted by molar-refractivity contribution is 6.33. The van der Waals surface area contributed by atoms with Gasteiger partial charge in [0.1, 0.15) is 5.82 Å². The Labute approximate surface area is 179 Å². The lowest BCUT2D eigenvalue weighted by atomic mass is 10.2. The van der Waals surface area contributed by atoms with Crippen molar-refractivity contribution in [1.82, 2.24) is 14.9 Å². The highest BCUT2D eigenvalue weighted by atomic mass is 35.5. The maximum Gasteiger partial charge on any atom is 0.255 e. The summed E-state index contributed by atoms with van der Waals surface area (Å²) in [6.45, 7) is 2.26. The van der Waals surface area contributed by atoms with Gasteiger partial charge in [0.25, 0.3) is 5.91 Å². The van der Waals surface area contributed by atoms with Crippen molar-refractivity contribution in [3.63, 3.8) is 0 Å². The molecule has 1 aliphatic heterocycles. The van der Waals surface area contributed by atoms with Crippen LogP contribution in [0.15, 0.2) is 36.4 Å². The van der Waals surface area contributed by atoms with E-state index in [1.807, 2.05) is 17.0 Å². The van der Waals surface area contributed by atoms with Crippen LogP contribution in [0.5, 0.6) is 11.5 Å². The number of hydrogen-bond acceptors (Lipinski definition) is 7. The fraction of sp³-hybridized carbons (Fsp3) is 0.286. The third kappa shape index (κ3) is 3.66. The van der Waals surface area contributed by atoms with Crippen molar-refractivity contribution in [1.29, 1.82) is 0 Å². The topological polar surface area (TPSA) is 93.8 Å². The highest BCUT2D eigenvalue weighted by Gasteiger charge is 2.25. The number of nitrogen functional groups attached to an aromatic ring is 1. The van der Waals surface area contributed by atoms with E-state index in [9.17, 15) is 4.79 Å². The lowest BCUT2D eigenvalue weighted by Crippen LogP contribution is -2.49.